The third-order valence-corrected chi connectivity index (χ3v) is 6.21. The van der Waals surface area contributed by atoms with Gasteiger partial charge in [0.2, 0.25) is 5.16 Å². The van der Waals surface area contributed by atoms with Gasteiger partial charge >= 0.3 is 0 Å². The Kier molecular flexibility index (Phi) is 5.51. The zero-order valence-electron chi connectivity index (χ0n) is 18.5. The molecule has 0 saturated carbocycles. The van der Waals surface area contributed by atoms with Crippen molar-refractivity contribution < 1.29 is 4.79 Å². The molecule has 33 heavy (non-hydrogen) atoms. The maximum Gasteiger partial charge on any atom is 0.256 e. The number of anilines is 1. The Morgan fingerprint density at radius 3 is 2.67 bits per heavy atom. The topological polar surface area (TPSA) is 85.1 Å². The molecule has 0 atom stereocenters. The lowest BCUT2D eigenvalue weighted by Gasteiger charge is -2.11. The molecule has 5 aromatic rings. The average molecular weight is 455 g/mol. The minimum atomic E-state index is -0.168. The molecule has 164 valence electrons. The van der Waals surface area contributed by atoms with E-state index in [1.165, 1.54) is 11.8 Å². The summed E-state index contributed by atoms with van der Waals surface area (Å²) in [5.74, 6) is 0.976. The average Bonchev–Trinajstić information content (AvgIpc) is 3.21. The SMILES string of the molecule is Cc1ccc2cccc(NC(=O)c3ccccc3CSc3nc4nc(C)cc(C)n4n3)c2n1. The highest BCUT2D eigenvalue weighted by molar-refractivity contribution is 7.98. The van der Waals surface area contributed by atoms with Gasteiger partial charge in [0.25, 0.3) is 11.7 Å². The van der Waals surface area contributed by atoms with Gasteiger partial charge < -0.3 is 5.32 Å². The Labute approximate surface area is 195 Å². The monoisotopic (exact) mass is 454 g/mol. The number of fused-ring (bicyclic) bond motifs is 2. The highest BCUT2D eigenvalue weighted by Gasteiger charge is 2.15. The van der Waals surface area contributed by atoms with Crippen LogP contribution < -0.4 is 5.32 Å². The molecule has 2 aromatic carbocycles. The van der Waals surface area contributed by atoms with E-state index in [0.717, 1.165) is 33.5 Å². The molecule has 0 spiro atoms. The van der Waals surface area contributed by atoms with Gasteiger partial charge in [0.15, 0.2) is 0 Å². The van der Waals surface area contributed by atoms with E-state index in [1.807, 2.05) is 81.4 Å². The summed E-state index contributed by atoms with van der Waals surface area (Å²) in [7, 11) is 0. The predicted molar refractivity (Wildman–Crippen MR) is 131 cm³/mol. The lowest BCUT2D eigenvalue weighted by Crippen LogP contribution is -2.14. The van der Waals surface area contributed by atoms with Crippen molar-refractivity contribution in [3.05, 3.63) is 88.9 Å². The molecule has 0 aliphatic rings. The number of benzene rings is 2. The van der Waals surface area contributed by atoms with Crippen LogP contribution >= 0.6 is 11.8 Å². The third kappa shape index (κ3) is 4.29. The van der Waals surface area contributed by atoms with Gasteiger partial charge in [-0.3, -0.25) is 9.78 Å². The minimum absolute atomic E-state index is 0.168. The molecule has 0 aliphatic carbocycles. The summed E-state index contributed by atoms with van der Waals surface area (Å²) in [4.78, 5) is 26.8. The lowest BCUT2D eigenvalue weighted by molar-refractivity contribution is 0.102. The number of hydrogen-bond donors (Lipinski definition) is 1. The van der Waals surface area contributed by atoms with E-state index in [-0.39, 0.29) is 5.91 Å². The molecule has 3 heterocycles. The standard InChI is InChI=1S/C25H22N6OS/c1-15-11-12-18-8-6-10-21(22(18)26-15)28-23(32)20-9-5-4-7-19(20)14-33-25-29-24-27-16(2)13-17(3)31(24)30-25/h4-13H,14H2,1-3H3,(H,28,32). The second-order valence-corrected chi connectivity index (χ2v) is 8.82. The molecule has 0 unspecified atom stereocenters. The highest BCUT2D eigenvalue weighted by Crippen LogP contribution is 2.25. The first-order valence-corrected chi connectivity index (χ1v) is 11.6. The first-order valence-electron chi connectivity index (χ1n) is 10.6. The summed E-state index contributed by atoms with van der Waals surface area (Å²) < 4.78 is 1.74. The van der Waals surface area contributed by atoms with Crippen molar-refractivity contribution >= 4 is 40.0 Å². The van der Waals surface area contributed by atoms with Crippen molar-refractivity contribution in [1.29, 1.82) is 0 Å². The van der Waals surface area contributed by atoms with Gasteiger partial charge in [0.05, 0.1) is 11.2 Å². The normalized spacial score (nSPS) is 11.2. The molecular formula is C25H22N6OS. The van der Waals surface area contributed by atoms with Crippen molar-refractivity contribution in [2.45, 2.75) is 31.7 Å². The van der Waals surface area contributed by atoms with E-state index in [4.69, 9.17) is 0 Å². The summed E-state index contributed by atoms with van der Waals surface area (Å²) in [6, 6.07) is 19.3. The highest BCUT2D eigenvalue weighted by atomic mass is 32.2. The predicted octanol–water partition coefficient (Wildman–Crippen LogP) is 5.14. The Morgan fingerprint density at radius 1 is 0.939 bits per heavy atom. The van der Waals surface area contributed by atoms with E-state index in [0.29, 0.717) is 27.9 Å². The van der Waals surface area contributed by atoms with Crippen LogP contribution in [-0.4, -0.2) is 30.5 Å². The summed E-state index contributed by atoms with van der Waals surface area (Å²) in [5.41, 5.74) is 5.79. The van der Waals surface area contributed by atoms with Crippen LogP contribution in [0, 0.1) is 20.8 Å². The van der Waals surface area contributed by atoms with Crippen molar-refractivity contribution in [2.24, 2.45) is 0 Å². The molecule has 1 amide bonds. The number of aromatic nitrogens is 5. The van der Waals surface area contributed by atoms with Gasteiger partial charge in [-0.05, 0) is 50.6 Å². The fourth-order valence-electron chi connectivity index (χ4n) is 3.75. The van der Waals surface area contributed by atoms with Crippen LogP contribution in [-0.2, 0) is 5.75 Å². The van der Waals surface area contributed by atoms with E-state index in [9.17, 15) is 4.79 Å². The third-order valence-electron chi connectivity index (χ3n) is 5.33. The van der Waals surface area contributed by atoms with Crippen LogP contribution in [0.5, 0.6) is 0 Å². The molecule has 0 fully saturated rings. The number of para-hydroxylation sites is 1. The molecule has 3 aromatic heterocycles. The molecule has 5 rings (SSSR count). The quantitative estimate of drug-likeness (QED) is 0.370. The fraction of sp³-hybridized carbons (Fsp3) is 0.160. The van der Waals surface area contributed by atoms with Crippen molar-refractivity contribution in [1.82, 2.24) is 24.6 Å². The number of pyridine rings is 1. The molecule has 1 N–H and O–H groups in total. The molecule has 7 nitrogen and oxygen atoms in total. The van der Waals surface area contributed by atoms with Crippen LogP contribution in [0.25, 0.3) is 16.7 Å². The van der Waals surface area contributed by atoms with Gasteiger partial charge in [-0.15, -0.1) is 5.10 Å². The largest absolute Gasteiger partial charge is 0.320 e. The Bertz CT molecular complexity index is 1510. The molecular weight excluding hydrogens is 432 g/mol. The number of aryl methyl sites for hydroxylation is 3. The second-order valence-electron chi connectivity index (χ2n) is 7.87. The number of nitrogens with one attached hydrogen (secondary N) is 1. The van der Waals surface area contributed by atoms with Crippen LogP contribution in [0.2, 0.25) is 0 Å². The smallest absolute Gasteiger partial charge is 0.256 e. The van der Waals surface area contributed by atoms with E-state index in [2.05, 4.69) is 25.4 Å². The maximum atomic E-state index is 13.2. The summed E-state index contributed by atoms with van der Waals surface area (Å²) in [6.07, 6.45) is 0. The van der Waals surface area contributed by atoms with Crippen molar-refractivity contribution in [3.8, 4) is 0 Å². The Hall–Kier alpha value is -3.78. The van der Waals surface area contributed by atoms with Crippen LogP contribution in [0.4, 0.5) is 5.69 Å². The molecule has 0 radical (unpaired) electrons. The first-order chi connectivity index (χ1) is 16.0. The van der Waals surface area contributed by atoms with Crippen LogP contribution in [0.3, 0.4) is 0 Å². The lowest BCUT2D eigenvalue weighted by atomic mass is 10.1. The molecule has 8 heteroatoms. The van der Waals surface area contributed by atoms with E-state index in [1.54, 1.807) is 4.52 Å². The van der Waals surface area contributed by atoms with Gasteiger partial charge in [0, 0.05) is 33.8 Å². The van der Waals surface area contributed by atoms with Crippen molar-refractivity contribution in [2.75, 3.05) is 5.32 Å². The van der Waals surface area contributed by atoms with Crippen molar-refractivity contribution in [3.63, 3.8) is 0 Å². The molecule has 0 bridgehead atoms. The number of amides is 1. The van der Waals surface area contributed by atoms with Gasteiger partial charge in [-0.1, -0.05) is 48.2 Å². The summed E-state index contributed by atoms with van der Waals surface area (Å²) in [5, 5.41) is 9.21. The van der Waals surface area contributed by atoms with Crippen LogP contribution in [0.1, 0.15) is 33.0 Å². The van der Waals surface area contributed by atoms with Gasteiger partial charge in [-0.2, -0.15) is 4.98 Å². The van der Waals surface area contributed by atoms with Crippen LogP contribution in [0.15, 0.2) is 65.8 Å². The number of carbonyl (C=O) groups excluding carboxylic acids is 1. The summed E-state index contributed by atoms with van der Waals surface area (Å²) >= 11 is 1.48. The maximum absolute atomic E-state index is 13.2. The number of rotatable bonds is 5. The first kappa shape index (κ1) is 21.1. The zero-order valence-corrected chi connectivity index (χ0v) is 19.3. The fourth-order valence-corrected chi connectivity index (χ4v) is 4.58. The zero-order chi connectivity index (χ0) is 22.9. The second kappa shape index (κ2) is 8.63. The van der Waals surface area contributed by atoms with Gasteiger partial charge in [0.1, 0.15) is 0 Å². The number of hydrogen-bond acceptors (Lipinski definition) is 6. The number of nitrogens with zero attached hydrogens (tertiary/aromatic N) is 5. The number of thioether (sulfide) groups is 1. The molecule has 0 saturated heterocycles. The summed E-state index contributed by atoms with van der Waals surface area (Å²) in [6.45, 7) is 5.86. The van der Waals surface area contributed by atoms with E-state index < -0.39 is 0 Å². The Balaban J connectivity index is 1.39. The Morgan fingerprint density at radius 2 is 1.79 bits per heavy atom. The molecule has 0 aliphatic heterocycles. The van der Waals surface area contributed by atoms with E-state index >= 15 is 0 Å². The van der Waals surface area contributed by atoms with Gasteiger partial charge in [-0.25, -0.2) is 9.50 Å². The number of carbonyl (C=O) groups is 1. The minimum Gasteiger partial charge on any atom is -0.320 e.